The van der Waals surface area contributed by atoms with Gasteiger partial charge >= 0.3 is 23.9 Å². The van der Waals surface area contributed by atoms with Gasteiger partial charge in [0, 0.05) is 6.42 Å². The maximum atomic E-state index is 12.7. The molecule has 0 saturated heterocycles. The second kappa shape index (κ2) is 8.83. The lowest BCUT2D eigenvalue weighted by atomic mass is 9.68. The predicted octanol–water partition coefficient (Wildman–Crippen LogP) is 2.34. The van der Waals surface area contributed by atoms with Gasteiger partial charge in [-0.2, -0.15) is 0 Å². The molecule has 0 spiro atoms. The zero-order valence-corrected chi connectivity index (χ0v) is 15.7. The number of carbonyl (C=O) groups excluding carboxylic acids is 1. The fourth-order valence-electron chi connectivity index (χ4n) is 3.62. The zero-order chi connectivity index (χ0) is 20.9. The van der Waals surface area contributed by atoms with E-state index in [-0.39, 0.29) is 6.42 Å². The summed E-state index contributed by atoms with van der Waals surface area (Å²) < 4.78 is 5.54. The Bertz CT molecular complexity index is 661. The highest BCUT2D eigenvalue weighted by Gasteiger charge is 2.50. The molecule has 1 saturated carbocycles. The second-order valence-electron chi connectivity index (χ2n) is 7.36. The van der Waals surface area contributed by atoms with Crippen LogP contribution in [0, 0.1) is 23.7 Å². The van der Waals surface area contributed by atoms with Gasteiger partial charge in [0.25, 0.3) is 0 Å². The summed E-state index contributed by atoms with van der Waals surface area (Å²) in [5, 5.41) is 28.0. The zero-order valence-electron chi connectivity index (χ0n) is 15.7. The van der Waals surface area contributed by atoms with Gasteiger partial charge in [0.1, 0.15) is 5.60 Å². The number of hydrogen-bond donors (Lipinski definition) is 3. The Balaban J connectivity index is 3.19. The summed E-state index contributed by atoms with van der Waals surface area (Å²) in [5.41, 5.74) is -0.178. The molecule has 5 atom stereocenters. The number of rotatable bonds is 8. The second-order valence-corrected chi connectivity index (χ2v) is 7.36. The summed E-state index contributed by atoms with van der Waals surface area (Å²) in [6.45, 7) is 8.90. The molecule has 5 unspecified atom stereocenters. The molecule has 1 fully saturated rings. The molecule has 0 aromatic rings. The van der Waals surface area contributed by atoms with E-state index in [1.54, 1.807) is 19.1 Å². The van der Waals surface area contributed by atoms with E-state index in [2.05, 4.69) is 6.58 Å². The predicted molar refractivity (Wildman–Crippen MR) is 94.8 cm³/mol. The van der Waals surface area contributed by atoms with Gasteiger partial charge in [-0.1, -0.05) is 11.6 Å². The van der Waals surface area contributed by atoms with Crippen molar-refractivity contribution in [1.82, 2.24) is 0 Å². The first-order valence-electron chi connectivity index (χ1n) is 8.60. The van der Waals surface area contributed by atoms with Gasteiger partial charge < -0.3 is 20.1 Å². The van der Waals surface area contributed by atoms with Crippen LogP contribution in [0.4, 0.5) is 0 Å². The first-order chi connectivity index (χ1) is 12.4. The van der Waals surface area contributed by atoms with Gasteiger partial charge in [-0.15, -0.1) is 6.58 Å². The molecule has 0 aromatic heterocycles. The monoisotopic (exact) mass is 382 g/mol. The summed E-state index contributed by atoms with van der Waals surface area (Å²) in [7, 11) is 0. The minimum absolute atomic E-state index is 0.286. The van der Waals surface area contributed by atoms with Gasteiger partial charge in [0.15, 0.2) is 0 Å². The molecule has 0 radical (unpaired) electrons. The van der Waals surface area contributed by atoms with E-state index < -0.39 is 66.0 Å². The summed E-state index contributed by atoms with van der Waals surface area (Å²) in [6.07, 6.45) is 2.71. The highest BCUT2D eigenvalue weighted by Crippen LogP contribution is 2.40. The van der Waals surface area contributed by atoms with Crippen LogP contribution in [-0.2, 0) is 23.9 Å². The van der Waals surface area contributed by atoms with Crippen LogP contribution in [-0.4, -0.2) is 44.8 Å². The molecule has 8 nitrogen and oxygen atoms in total. The van der Waals surface area contributed by atoms with Crippen LogP contribution in [0.5, 0.6) is 0 Å². The van der Waals surface area contributed by atoms with Gasteiger partial charge in [0.2, 0.25) is 0 Å². The Morgan fingerprint density at radius 1 is 0.963 bits per heavy atom. The first kappa shape index (κ1) is 22.4. The topological polar surface area (TPSA) is 138 Å². The summed E-state index contributed by atoms with van der Waals surface area (Å²) >= 11 is 0. The molecule has 0 amide bonds. The summed E-state index contributed by atoms with van der Waals surface area (Å²) in [4.78, 5) is 47.2. The van der Waals surface area contributed by atoms with E-state index in [1.807, 2.05) is 13.8 Å². The van der Waals surface area contributed by atoms with E-state index >= 15 is 0 Å². The number of carboxylic acids is 3. The molecule has 8 heteroatoms. The molecule has 1 aliphatic rings. The number of ether oxygens (including phenoxy) is 1. The Hall–Kier alpha value is -2.64. The Kier molecular flexibility index (Phi) is 7.33. The first-order valence-corrected chi connectivity index (χ1v) is 8.60. The molecule has 0 bridgehead atoms. The van der Waals surface area contributed by atoms with Gasteiger partial charge in [0.05, 0.1) is 23.7 Å². The molecule has 1 rings (SSSR count). The fourth-order valence-corrected chi connectivity index (χ4v) is 3.62. The van der Waals surface area contributed by atoms with Gasteiger partial charge in [-0.25, -0.2) is 0 Å². The number of allylic oxidation sites excluding steroid dienone is 1. The van der Waals surface area contributed by atoms with E-state index in [9.17, 15) is 34.5 Å². The number of carboxylic acid groups (broad SMARTS) is 3. The molecule has 27 heavy (non-hydrogen) atoms. The molecule has 0 aromatic carbocycles. The van der Waals surface area contributed by atoms with Crippen LogP contribution in [0.25, 0.3) is 0 Å². The van der Waals surface area contributed by atoms with E-state index in [0.29, 0.717) is 0 Å². The highest BCUT2D eigenvalue weighted by molar-refractivity contribution is 5.86. The van der Waals surface area contributed by atoms with Crippen molar-refractivity contribution in [3.63, 3.8) is 0 Å². The SMILES string of the molecule is C=CCC(C)(C=C(C)C)OC(=O)C1CC(C(=O)O)C(C(=O)O)CC1C(=O)O. The number of carbonyl (C=O) groups is 4. The van der Waals surface area contributed by atoms with Crippen molar-refractivity contribution in [3.8, 4) is 0 Å². The Labute approximate surface area is 157 Å². The molecule has 3 N–H and O–H groups in total. The minimum atomic E-state index is -1.39. The van der Waals surface area contributed by atoms with Gasteiger partial charge in [-0.3, -0.25) is 19.2 Å². The molecule has 150 valence electrons. The summed E-state index contributed by atoms with van der Waals surface area (Å²) in [6, 6.07) is 0. The number of aliphatic carboxylic acids is 3. The minimum Gasteiger partial charge on any atom is -0.481 e. The van der Waals surface area contributed by atoms with Crippen molar-refractivity contribution in [3.05, 3.63) is 24.3 Å². The summed E-state index contributed by atoms with van der Waals surface area (Å²) in [5.74, 6) is -10.2. The fraction of sp³-hybridized carbons (Fsp3) is 0.579. The lowest BCUT2D eigenvalue weighted by Crippen LogP contribution is -2.46. The average Bonchev–Trinajstić information content (AvgIpc) is 2.52. The van der Waals surface area contributed by atoms with Crippen molar-refractivity contribution in [2.75, 3.05) is 0 Å². The Morgan fingerprint density at radius 2 is 1.37 bits per heavy atom. The molecule has 0 aliphatic heterocycles. The van der Waals surface area contributed by atoms with Crippen LogP contribution < -0.4 is 0 Å². The van der Waals surface area contributed by atoms with Gasteiger partial charge in [-0.05, 0) is 39.7 Å². The van der Waals surface area contributed by atoms with Crippen molar-refractivity contribution in [2.24, 2.45) is 23.7 Å². The molecule has 0 heterocycles. The van der Waals surface area contributed by atoms with Crippen LogP contribution in [0.1, 0.15) is 40.0 Å². The van der Waals surface area contributed by atoms with Crippen LogP contribution in [0.3, 0.4) is 0 Å². The third-order valence-electron chi connectivity index (χ3n) is 4.72. The highest BCUT2D eigenvalue weighted by atomic mass is 16.6. The van der Waals surface area contributed by atoms with Crippen LogP contribution >= 0.6 is 0 Å². The number of esters is 1. The largest absolute Gasteiger partial charge is 0.481 e. The van der Waals surface area contributed by atoms with E-state index in [0.717, 1.165) is 5.57 Å². The van der Waals surface area contributed by atoms with Crippen LogP contribution in [0.2, 0.25) is 0 Å². The lowest BCUT2D eigenvalue weighted by Gasteiger charge is -2.36. The lowest BCUT2D eigenvalue weighted by molar-refractivity contribution is -0.175. The Morgan fingerprint density at radius 3 is 1.74 bits per heavy atom. The molecular formula is C19H26O8. The van der Waals surface area contributed by atoms with Crippen molar-refractivity contribution >= 4 is 23.9 Å². The quantitative estimate of drug-likeness (QED) is 0.429. The number of hydrogen-bond acceptors (Lipinski definition) is 5. The smallest absolute Gasteiger partial charge is 0.310 e. The maximum absolute atomic E-state index is 12.7. The van der Waals surface area contributed by atoms with Crippen molar-refractivity contribution < 1.29 is 39.2 Å². The third kappa shape index (κ3) is 5.67. The van der Waals surface area contributed by atoms with Crippen molar-refractivity contribution in [1.29, 1.82) is 0 Å². The standard InChI is InChI=1S/C19H26O8/c1-5-6-19(4,9-10(2)3)27-18(26)14-8-12(16(22)23)11(15(20)21)7-13(14)17(24)25/h5,9,11-14H,1,6-8H2,2-4H3,(H,20,21)(H,22,23)(H,24,25). The normalized spacial score (nSPS) is 26.9. The molecule has 1 aliphatic carbocycles. The third-order valence-corrected chi connectivity index (χ3v) is 4.72. The van der Waals surface area contributed by atoms with Crippen LogP contribution in [0.15, 0.2) is 24.3 Å². The van der Waals surface area contributed by atoms with E-state index in [4.69, 9.17) is 4.74 Å². The average molecular weight is 382 g/mol. The van der Waals surface area contributed by atoms with E-state index in [1.165, 1.54) is 0 Å². The van der Waals surface area contributed by atoms with Crippen molar-refractivity contribution in [2.45, 2.75) is 45.6 Å². The maximum Gasteiger partial charge on any atom is 0.310 e. The molecular weight excluding hydrogens is 356 g/mol.